The molecule has 114 valence electrons. The molecule has 1 aromatic carbocycles. The molecular formula is C16H22ClN3O. The first kappa shape index (κ1) is 15.9. The van der Waals surface area contributed by atoms with Crippen LogP contribution < -0.4 is 11.1 Å². The highest BCUT2D eigenvalue weighted by Gasteiger charge is 2.21. The number of fused-ring (bicyclic) bond motifs is 1. The number of amides is 1. The number of nitrogens with one attached hydrogen (secondary N) is 2. The third kappa shape index (κ3) is 3.99. The zero-order valence-electron chi connectivity index (χ0n) is 12.0. The van der Waals surface area contributed by atoms with Crippen molar-refractivity contribution < 1.29 is 4.79 Å². The van der Waals surface area contributed by atoms with Gasteiger partial charge in [-0.15, -0.1) is 12.4 Å². The molecule has 4 nitrogen and oxygen atoms in total. The van der Waals surface area contributed by atoms with Crippen molar-refractivity contribution in [1.29, 1.82) is 0 Å². The second-order valence-corrected chi connectivity index (χ2v) is 5.69. The van der Waals surface area contributed by atoms with Crippen LogP contribution >= 0.6 is 12.4 Å². The van der Waals surface area contributed by atoms with Crippen LogP contribution in [-0.4, -0.2) is 23.5 Å². The van der Waals surface area contributed by atoms with Crippen LogP contribution in [0.15, 0.2) is 30.5 Å². The topological polar surface area (TPSA) is 70.9 Å². The molecule has 1 atom stereocenters. The molecule has 0 saturated heterocycles. The van der Waals surface area contributed by atoms with E-state index in [9.17, 15) is 4.79 Å². The number of aromatic nitrogens is 1. The van der Waals surface area contributed by atoms with E-state index in [1.807, 2.05) is 24.4 Å². The van der Waals surface area contributed by atoms with Crippen LogP contribution in [0, 0.1) is 5.92 Å². The highest BCUT2D eigenvalue weighted by atomic mass is 35.5. The van der Waals surface area contributed by atoms with Gasteiger partial charge in [-0.25, -0.2) is 0 Å². The van der Waals surface area contributed by atoms with Crippen LogP contribution in [0.5, 0.6) is 0 Å². The maximum absolute atomic E-state index is 12.0. The minimum absolute atomic E-state index is 0. The lowest BCUT2D eigenvalue weighted by Crippen LogP contribution is -2.42. The van der Waals surface area contributed by atoms with Gasteiger partial charge >= 0.3 is 0 Å². The number of nitrogens with two attached hydrogens (primary N) is 1. The Labute approximate surface area is 130 Å². The second-order valence-electron chi connectivity index (χ2n) is 5.69. The molecule has 21 heavy (non-hydrogen) atoms. The van der Waals surface area contributed by atoms with Crippen LogP contribution in [-0.2, 0) is 11.2 Å². The second kappa shape index (κ2) is 6.96. The molecule has 1 aliphatic carbocycles. The average Bonchev–Trinajstić information content (AvgIpc) is 3.20. The van der Waals surface area contributed by atoms with Gasteiger partial charge in [-0.3, -0.25) is 4.79 Å². The normalized spacial score (nSPS) is 15.5. The number of hydrogen-bond acceptors (Lipinski definition) is 2. The van der Waals surface area contributed by atoms with E-state index in [1.54, 1.807) is 0 Å². The molecular weight excluding hydrogens is 286 g/mol. The first-order chi connectivity index (χ1) is 9.74. The zero-order chi connectivity index (χ0) is 13.9. The summed E-state index contributed by atoms with van der Waals surface area (Å²) in [4.78, 5) is 15.2. The van der Waals surface area contributed by atoms with Crippen molar-refractivity contribution >= 4 is 29.2 Å². The Kier molecular flexibility index (Phi) is 5.26. The van der Waals surface area contributed by atoms with Gasteiger partial charge < -0.3 is 16.0 Å². The van der Waals surface area contributed by atoms with Crippen molar-refractivity contribution in [3.05, 3.63) is 36.0 Å². The minimum atomic E-state index is -0.478. The molecule has 0 radical (unpaired) electrons. The third-order valence-corrected chi connectivity index (χ3v) is 4.00. The Balaban J connectivity index is 0.00000161. The fourth-order valence-corrected chi connectivity index (χ4v) is 2.57. The van der Waals surface area contributed by atoms with E-state index in [0.717, 1.165) is 35.3 Å². The smallest absolute Gasteiger partial charge is 0.237 e. The van der Waals surface area contributed by atoms with Gasteiger partial charge in [0.05, 0.1) is 6.04 Å². The van der Waals surface area contributed by atoms with Crippen molar-refractivity contribution in [2.45, 2.75) is 31.7 Å². The van der Waals surface area contributed by atoms with Crippen molar-refractivity contribution in [2.24, 2.45) is 11.7 Å². The van der Waals surface area contributed by atoms with Crippen LogP contribution in [0.2, 0.25) is 0 Å². The van der Waals surface area contributed by atoms with E-state index in [1.165, 1.54) is 12.8 Å². The monoisotopic (exact) mass is 307 g/mol. The SMILES string of the molecule is Cl.N[C@@H](Cc1c[nH]c2ccccc12)C(=O)NCCC1CC1. The Bertz CT molecular complexity index is 606. The van der Waals surface area contributed by atoms with Gasteiger partial charge in [-0.2, -0.15) is 0 Å². The summed E-state index contributed by atoms with van der Waals surface area (Å²) < 4.78 is 0. The highest BCUT2D eigenvalue weighted by Crippen LogP contribution is 2.31. The molecule has 0 spiro atoms. The Hall–Kier alpha value is -1.52. The lowest BCUT2D eigenvalue weighted by atomic mass is 10.1. The number of rotatable bonds is 6. The van der Waals surface area contributed by atoms with Crippen LogP contribution in [0.4, 0.5) is 0 Å². The quantitative estimate of drug-likeness (QED) is 0.767. The molecule has 1 saturated carbocycles. The highest BCUT2D eigenvalue weighted by molar-refractivity contribution is 5.86. The summed E-state index contributed by atoms with van der Waals surface area (Å²) in [7, 11) is 0. The number of para-hydroxylation sites is 1. The molecule has 1 aromatic heterocycles. The number of halogens is 1. The summed E-state index contributed by atoms with van der Waals surface area (Å²) in [6, 6.07) is 7.60. The van der Waals surface area contributed by atoms with Crippen LogP contribution in [0.25, 0.3) is 10.9 Å². The first-order valence-corrected chi connectivity index (χ1v) is 7.32. The molecule has 0 unspecified atom stereocenters. The van der Waals surface area contributed by atoms with Crippen LogP contribution in [0.1, 0.15) is 24.8 Å². The zero-order valence-corrected chi connectivity index (χ0v) is 12.8. The summed E-state index contributed by atoms with van der Waals surface area (Å²) in [6.07, 6.45) is 6.24. The molecule has 5 heteroatoms. The maximum Gasteiger partial charge on any atom is 0.237 e. The Morgan fingerprint density at radius 3 is 2.90 bits per heavy atom. The first-order valence-electron chi connectivity index (χ1n) is 7.32. The number of aromatic amines is 1. The van der Waals surface area contributed by atoms with Gasteiger partial charge in [0.1, 0.15) is 0 Å². The van der Waals surface area contributed by atoms with Crippen molar-refractivity contribution in [3.63, 3.8) is 0 Å². The number of carbonyl (C=O) groups is 1. The summed E-state index contributed by atoms with van der Waals surface area (Å²) >= 11 is 0. The van der Waals surface area contributed by atoms with E-state index in [2.05, 4.69) is 16.4 Å². The third-order valence-electron chi connectivity index (χ3n) is 4.00. The number of hydrogen-bond donors (Lipinski definition) is 3. The summed E-state index contributed by atoms with van der Waals surface area (Å²) in [5.74, 6) is 0.788. The molecule has 1 amide bonds. The van der Waals surface area contributed by atoms with Crippen molar-refractivity contribution in [3.8, 4) is 0 Å². The van der Waals surface area contributed by atoms with Gasteiger partial charge in [0.15, 0.2) is 0 Å². The number of benzene rings is 1. The molecule has 1 fully saturated rings. The van der Waals surface area contributed by atoms with E-state index < -0.39 is 6.04 Å². The van der Waals surface area contributed by atoms with Crippen molar-refractivity contribution in [1.82, 2.24) is 10.3 Å². The molecule has 3 rings (SSSR count). The van der Waals surface area contributed by atoms with Gasteiger partial charge in [-0.1, -0.05) is 31.0 Å². The largest absolute Gasteiger partial charge is 0.361 e. The molecule has 4 N–H and O–H groups in total. The molecule has 0 aliphatic heterocycles. The lowest BCUT2D eigenvalue weighted by molar-refractivity contribution is -0.122. The molecule has 1 heterocycles. The fraction of sp³-hybridized carbons (Fsp3) is 0.438. The molecule has 1 aliphatic rings. The summed E-state index contributed by atoms with van der Waals surface area (Å²) in [5, 5.41) is 4.09. The van der Waals surface area contributed by atoms with Gasteiger partial charge in [0.25, 0.3) is 0 Å². The Morgan fingerprint density at radius 1 is 1.38 bits per heavy atom. The number of carbonyl (C=O) groups excluding carboxylic acids is 1. The molecule has 0 bridgehead atoms. The van der Waals surface area contributed by atoms with Gasteiger partial charge in [0.2, 0.25) is 5.91 Å². The summed E-state index contributed by atoms with van der Waals surface area (Å²) in [5.41, 5.74) is 8.20. The minimum Gasteiger partial charge on any atom is -0.361 e. The Morgan fingerprint density at radius 2 is 2.14 bits per heavy atom. The van der Waals surface area contributed by atoms with Crippen LogP contribution in [0.3, 0.4) is 0 Å². The molecule has 2 aromatic rings. The van der Waals surface area contributed by atoms with Gasteiger partial charge in [-0.05, 0) is 30.4 Å². The standard InChI is InChI=1S/C16H21N3O.ClH/c17-14(16(20)18-8-7-11-5-6-11)9-12-10-19-15-4-2-1-3-13(12)15;/h1-4,10-11,14,19H,5-9,17H2,(H,18,20);1H/t14-;/m0./s1. The van der Waals surface area contributed by atoms with E-state index in [4.69, 9.17) is 5.73 Å². The van der Waals surface area contributed by atoms with E-state index >= 15 is 0 Å². The van der Waals surface area contributed by atoms with E-state index in [0.29, 0.717) is 6.42 Å². The van der Waals surface area contributed by atoms with Gasteiger partial charge in [0, 0.05) is 23.6 Å². The predicted octanol–water partition coefficient (Wildman–Crippen LogP) is 2.38. The number of H-pyrrole nitrogens is 1. The predicted molar refractivity (Wildman–Crippen MR) is 87.6 cm³/mol. The maximum atomic E-state index is 12.0. The fourth-order valence-electron chi connectivity index (χ4n) is 2.57. The van der Waals surface area contributed by atoms with E-state index in [-0.39, 0.29) is 18.3 Å². The van der Waals surface area contributed by atoms with Crippen molar-refractivity contribution in [2.75, 3.05) is 6.54 Å². The summed E-state index contributed by atoms with van der Waals surface area (Å²) in [6.45, 7) is 0.755. The average molecular weight is 308 g/mol. The lowest BCUT2D eigenvalue weighted by Gasteiger charge is -2.11.